The molecule has 1 saturated heterocycles. The molecule has 6 nitrogen and oxygen atoms in total. The Morgan fingerprint density at radius 3 is 2.20 bits per heavy atom. The molecule has 1 heterocycles. The number of nitrogens with zero attached hydrogens (tertiary/aromatic N) is 1. The molecule has 0 bridgehead atoms. The van der Waals surface area contributed by atoms with E-state index in [1.165, 1.54) is 0 Å². The highest BCUT2D eigenvalue weighted by Crippen LogP contribution is 2.19. The lowest BCUT2D eigenvalue weighted by Gasteiger charge is -2.34. The Kier molecular flexibility index (Phi) is 6.42. The highest BCUT2D eigenvalue weighted by atomic mass is 35.5. The molecular weight excluding hydrogens is 344 g/mol. The van der Waals surface area contributed by atoms with E-state index in [1.54, 1.807) is 29.2 Å². The van der Waals surface area contributed by atoms with Crippen LogP contribution in [-0.4, -0.2) is 46.9 Å². The zero-order valence-electron chi connectivity index (χ0n) is 14.4. The van der Waals surface area contributed by atoms with Crippen molar-refractivity contribution in [1.82, 2.24) is 10.2 Å². The minimum Gasteiger partial charge on any atom is -0.481 e. The number of hydrogen-bond donors (Lipinski definition) is 2. The van der Waals surface area contributed by atoms with Gasteiger partial charge < -0.3 is 15.3 Å². The maximum absolute atomic E-state index is 12.8. The molecule has 25 heavy (non-hydrogen) atoms. The van der Waals surface area contributed by atoms with Gasteiger partial charge in [-0.1, -0.05) is 25.4 Å². The van der Waals surface area contributed by atoms with E-state index in [0.29, 0.717) is 36.5 Å². The van der Waals surface area contributed by atoms with Crippen LogP contribution >= 0.6 is 11.6 Å². The van der Waals surface area contributed by atoms with Crippen molar-refractivity contribution in [3.63, 3.8) is 0 Å². The third kappa shape index (κ3) is 4.95. The number of nitrogens with one attached hydrogen (secondary N) is 1. The first kappa shape index (κ1) is 19.2. The fourth-order valence-electron chi connectivity index (χ4n) is 2.88. The Hall–Kier alpha value is -2.08. The van der Waals surface area contributed by atoms with Crippen molar-refractivity contribution in [2.24, 2.45) is 11.8 Å². The van der Waals surface area contributed by atoms with Crippen LogP contribution in [0.15, 0.2) is 24.3 Å². The van der Waals surface area contributed by atoms with E-state index in [1.807, 2.05) is 13.8 Å². The lowest BCUT2D eigenvalue weighted by atomic mass is 9.95. The van der Waals surface area contributed by atoms with Gasteiger partial charge in [-0.25, -0.2) is 0 Å². The average Bonchev–Trinajstić information content (AvgIpc) is 2.59. The van der Waals surface area contributed by atoms with E-state index in [4.69, 9.17) is 16.7 Å². The summed E-state index contributed by atoms with van der Waals surface area (Å²) in [4.78, 5) is 37.9. The smallest absolute Gasteiger partial charge is 0.306 e. The highest BCUT2D eigenvalue weighted by molar-refractivity contribution is 6.30. The van der Waals surface area contributed by atoms with Gasteiger partial charge in [0.05, 0.1) is 5.92 Å². The van der Waals surface area contributed by atoms with Crippen molar-refractivity contribution in [1.29, 1.82) is 0 Å². The molecule has 0 aliphatic carbocycles. The van der Waals surface area contributed by atoms with E-state index in [9.17, 15) is 14.4 Å². The maximum Gasteiger partial charge on any atom is 0.306 e. The lowest BCUT2D eigenvalue weighted by Crippen LogP contribution is -2.53. The van der Waals surface area contributed by atoms with E-state index in [0.717, 1.165) is 0 Å². The molecule has 0 spiro atoms. The van der Waals surface area contributed by atoms with Gasteiger partial charge in [-0.2, -0.15) is 0 Å². The Morgan fingerprint density at radius 1 is 1.16 bits per heavy atom. The van der Waals surface area contributed by atoms with Gasteiger partial charge in [0.25, 0.3) is 5.91 Å². The van der Waals surface area contributed by atoms with Crippen LogP contribution in [0.3, 0.4) is 0 Å². The molecule has 1 unspecified atom stereocenters. The summed E-state index contributed by atoms with van der Waals surface area (Å²) in [6, 6.07) is 5.82. The van der Waals surface area contributed by atoms with Crippen LogP contribution < -0.4 is 5.32 Å². The highest BCUT2D eigenvalue weighted by Gasteiger charge is 2.33. The predicted molar refractivity (Wildman–Crippen MR) is 94.5 cm³/mol. The molecule has 2 rings (SSSR count). The van der Waals surface area contributed by atoms with Crippen LogP contribution in [-0.2, 0) is 9.59 Å². The summed E-state index contributed by atoms with van der Waals surface area (Å²) in [6.07, 6.45) is 0.883. The van der Waals surface area contributed by atoms with E-state index < -0.39 is 17.9 Å². The zero-order valence-corrected chi connectivity index (χ0v) is 15.1. The number of rotatable bonds is 5. The zero-order chi connectivity index (χ0) is 18.6. The van der Waals surface area contributed by atoms with Gasteiger partial charge in [-0.3, -0.25) is 14.4 Å². The molecule has 1 aliphatic rings. The number of piperidine rings is 1. The van der Waals surface area contributed by atoms with Crippen molar-refractivity contribution >= 4 is 29.4 Å². The third-order valence-electron chi connectivity index (χ3n) is 4.48. The monoisotopic (exact) mass is 366 g/mol. The molecule has 1 aromatic rings. The van der Waals surface area contributed by atoms with Gasteiger partial charge in [-0.05, 0) is 43.0 Å². The maximum atomic E-state index is 12.8. The summed E-state index contributed by atoms with van der Waals surface area (Å²) < 4.78 is 0. The fourth-order valence-corrected chi connectivity index (χ4v) is 3.01. The minimum absolute atomic E-state index is 0.0825. The van der Waals surface area contributed by atoms with Gasteiger partial charge in [0, 0.05) is 23.7 Å². The van der Waals surface area contributed by atoms with Crippen molar-refractivity contribution < 1.29 is 19.5 Å². The van der Waals surface area contributed by atoms with Crippen LogP contribution in [0, 0.1) is 11.8 Å². The second-order valence-corrected chi connectivity index (χ2v) is 7.08. The number of likely N-dealkylation sites (tertiary alicyclic amines) is 1. The molecule has 136 valence electrons. The molecule has 1 aromatic carbocycles. The van der Waals surface area contributed by atoms with Crippen LogP contribution in [0.1, 0.15) is 37.0 Å². The first-order valence-corrected chi connectivity index (χ1v) is 8.75. The summed E-state index contributed by atoms with van der Waals surface area (Å²) in [7, 11) is 0. The summed E-state index contributed by atoms with van der Waals surface area (Å²) >= 11 is 5.82. The van der Waals surface area contributed by atoms with E-state index in [-0.39, 0.29) is 17.7 Å². The predicted octanol–water partition coefficient (Wildman–Crippen LogP) is 2.42. The van der Waals surface area contributed by atoms with Crippen molar-refractivity contribution in [3.8, 4) is 0 Å². The number of hydrogen-bond acceptors (Lipinski definition) is 3. The van der Waals surface area contributed by atoms with E-state index >= 15 is 0 Å². The third-order valence-corrected chi connectivity index (χ3v) is 4.73. The van der Waals surface area contributed by atoms with Crippen molar-refractivity contribution in [2.45, 2.75) is 32.7 Å². The molecule has 1 fully saturated rings. The van der Waals surface area contributed by atoms with Gasteiger partial charge >= 0.3 is 5.97 Å². The van der Waals surface area contributed by atoms with Gasteiger partial charge in [-0.15, -0.1) is 0 Å². The largest absolute Gasteiger partial charge is 0.481 e. The molecule has 0 aromatic heterocycles. The molecule has 0 radical (unpaired) electrons. The first-order chi connectivity index (χ1) is 11.8. The number of amides is 2. The Morgan fingerprint density at radius 2 is 1.72 bits per heavy atom. The SMILES string of the molecule is CC(C)C(NC(=O)c1ccc(Cl)cc1)C(=O)N1CCC(C(=O)O)CC1. The Bertz CT molecular complexity index is 637. The van der Waals surface area contributed by atoms with Gasteiger partial charge in [0.2, 0.25) is 5.91 Å². The number of carbonyl (C=O) groups is 3. The molecule has 1 atom stereocenters. The molecule has 7 heteroatoms. The summed E-state index contributed by atoms with van der Waals surface area (Å²) in [6.45, 7) is 4.54. The van der Waals surface area contributed by atoms with Crippen LogP contribution in [0.25, 0.3) is 0 Å². The van der Waals surface area contributed by atoms with Crippen molar-refractivity contribution in [3.05, 3.63) is 34.9 Å². The number of carboxylic acids is 1. The number of carboxylic acid groups (broad SMARTS) is 1. The van der Waals surface area contributed by atoms with Crippen LogP contribution in [0.4, 0.5) is 0 Å². The standard InChI is InChI=1S/C18H23ClN2O4/c1-11(2)15(20-16(22)12-3-5-14(19)6-4-12)17(23)21-9-7-13(8-10-21)18(24)25/h3-6,11,13,15H,7-10H2,1-2H3,(H,20,22)(H,24,25). The van der Waals surface area contributed by atoms with Crippen molar-refractivity contribution in [2.75, 3.05) is 13.1 Å². The van der Waals surface area contributed by atoms with Gasteiger partial charge in [0.15, 0.2) is 0 Å². The second kappa shape index (κ2) is 8.34. The average molecular weight is 367 g/mol. The normalized spacial score (nSPS) is 16.6. The summed E-state index contributed by atoms with van der Waals surface area (Å²) in [5, 5.41) is 12.4. The summed E-state index contributed by atoms with van der Waals surface area (Å²) in [5.74, 6) is -1.79. The number of benzene rings is 1. The molecular formula is C18H23ClN2O4. The molecule has 1 aliphatic heterocycles. The first-order valence-electron chi connectivity index (χ1n) is 8.37. The topological polar surface area (TPSA) is 86.7 Å². The Labute approximate surface area is 152 Å². The van der Waals surface area contributed by atoms with Gasteiger partial charge in [0.1, 0.15) is 6.04 Å². The molecule has 2 amide bonds. The fraction of sp³-hybridized carbons (Fsp3) is 0.500. The summed E-state index contributed by atoms with van der Waals surface area (Å²) in [5.41, 5.74) is 0.437. The molecule has 0 saturated carbocycles. The quantitative estimate of drug-likeness (QED) is 0.837. The number of halogens is 1. The van der Waals surface area contributed by atoms with Crippen LogP contribution in [0.2, 0.25) is 5.02 Å². The Balaban J connectivity index is 2.02. The minimum atomic E-state index is -0.816. The molecule has 2 N–H and O–H groups in total. The van der Waals surface area contributed by atoms with Crippen LogP contribution in [0.5, 0.6) is 0 Å². The number of carbonyl (C=O) groups excluding carboxylic acids is 2. The van der Waals surface area contributed by atoms with E-state index in [2.05, 4.69) is 5.32 Å². The second-order valence-electron chi connectivity index (χ2n) is 6.64. The lowest BCUT2D eigenvalue weighted by molar-refractivity contribution is -0.146. The number of aliphatic carboxylic acids is 1.